The molecule has 0 saturated heterocycles. The Morgan fingerprint density at radius 2 is 2.19 bits per heavy atom. The summed E-state index contributed by atoms with van der Waals surface area (Å²) in [6.45, 7) is 4.84. The molecule has 2 N–H and O–H groups in total. The minimum absolute atomic E-state index is 0.0553. The molecule has 0 spiro atoms. The first-order chi connectivity index (χ1) is 10.1. The van der Waals surface area contributed by atoms with E-state index in [-0.39, 0.29) is 12.5 Å². The Hall–Kier alpha value is -1.44. The zero-order valence-electron chi connectivity index (χ0n) is 12.9. The predicted molar refractivity (Wildman–Crippen MR) is 89.7 cm³/mol. The first-order valence-electron chi connectivity index (χ1n) is 7.09. The monoisotopic (exact) mass is 305 g/mol. The third-order valence-corrected chi connectivity index (χ3v) is 4.09. The van der Waals surface area contributed by atoms with Gasteiger partial charge in [0, 0.05) is 29.3 Å². The summed E-state index contributed by atoms with van der Waals surface area (Å²) in [7, 11) is 0. The van der Waals surface area contributed by atoms with Crippen molar-refractivity contribution in [3.05, 3.63) is 34.9 Å². The molecular weight excluding hydrogens is 282 g/mol. The molecule has 114 valence electrons. The van der Waals surface area contributed by atoms with Crippen molar-refractivity contribution in [2.24, 2.45) is 0 Å². The Morgan fingerprint density at radius 3 is 2.86 bits per heavy atom. The molecule has 1 aromatic rings. The van der Waals surface area contributed by atoms with Gasteiger partial charge in [-0.15, -0.1) is 0 Å². The van der Waals surface area contributed by atoms with Crippen molar-refractivity contribution >= 4 is 17.7 Å². The fourth-order valence-corrected chi connectivity index (χ4v) is 2.17. The Balaban J connectivity index is 2.69. The van der Waals surface area contributed by atoms with E-state index in [0.29, 0.717) is 23.8 Å². The summed E-state index contributed by atoms with van der Waals surface area (Å²) in [6.07, 6.45) is 3.48. The van der Waals surface area contributed by atoms with Crippen molar-refractivity contribution in [3.8, 4) is 11.8 Å². The van der Waals surface area contributed by atoms with Gasteiger partial charge in [-0.1, -0.05) is 18.8 Å². The quantitative estimate of drug-likeness (QED) is 0.794. The van der Waals surface area contributed by atoms with E-state index in [1.165, 1.54) is 0 Å². The van der Waals surface area contributed by atoms with Gasteiger partial charge in [-0.25, -0.2) is 0 Å². The van der Waals surface area contributed by atoms with Gasteiger partial charge in [0.05, 0.1) is 6.61 Å². The number of aryl methyl sites for hydroxylation is 1. The largest absolute Gasteiger partial charge is 0.395 e. The topological polar surface area (TPSA) is 49.3 Å². The van der Waals surface area contributed by atoms with Crippen molar-refractivity contribution in [1.82, 2.24) is 5.32 Å². The highest BCUT2D eigenvalue weighted by Crippen LogP contribution is 2.10. The lowest BCUT2D eigenvalue weighted by Gasteiger charge is -2.10. The van der Waals surface area contributed by atoms with Gasteiger partial charge in [-0.3, -0.25) is 4.79 Å². The summed E-state index contributed by atoms with van der Waals surface area (Å²) in [5.74, 6) is 5.79. The molecule has 0 aromatic heterocycles. The molecule has 1 atom stereocenters. The molecule has 1 unspecified atom stereocenters. The summed E-state index contributed by atoms with van der Waals surface area (Å²) in [6, 6.07) is 5.60. The number of amides is 1. The van der Waals surface area contributed by atoms with E-state index in [9.17, 15) is 4.79 Å². The summed E-state index contributed by atoms with van der Waals surface area (Å²) < 4.78 is 0. The third-order valence-electron chi connectivity index (χ3n) is 3.05. The lowest BCUT2D eigenvalue weighted by atomic mass is 10.1. The van der Waals surface area contributed by atoms with Gasteiger partial charge in [0.25, 0.3) is 5.91 Å². The van der Waals surface area contributed by atoms with Gasteiger partial charge in [0.15, 0.2) is 0 Å². The van der Waals surface area contributed by atoms with Crippen molar-refractivity contribution in [3.63, 3.8) is 0 Å². The SMILES string of the molecule is CSC(C)CCNC(=O)c1cc(C)cc(C#CCCO)c1. The van der Waals surface area contributed by atoms with Crippen LogP contribution in [0.15, 0.2) is 18.2 Å². The van der Waals surface area contributed by atoms with E-state index in [0.717, 1.165) is 17.5 Å². The van der Waals surface area contributed by atoms with Crippen LogP contribution in [0.4, 0.5) is 0 Å². The van der Waals surface area contributed by atoms with Crippen LogP contribution in [-0.2, 0) is 0 Å². The second kappa shape index (κ2) is 9.49. The van der Waals surface area contributed by atoms with Crippen LogP contribution < -0.4 is 5.32 Å². The number of rotatable bonds is 6. The third kappa shape index (κ3) is 6.70. The number of benzene rings is 1. The fraction of sp³-hybridized carbons (Fsp3) is 0.471. The van der Waals surface area contributed by atoms with Gasteiger partial charge < -0.3 is 10.4 Å². The minimum Gasteiger partial charge on any atom is -0.395 e. The number of nitrogens with one attached hydrogen (secondary N) is 1. The van der Waals surface area contributed by atoms with E-state index >= 15 is 0 Å². The fourth-order valence-electron chi connectivity index (χ4n) is 1.82. The highest BCUT2D eigenvalue weighted by molar-refractivity contribution is 7.99. The van der Waals surface area contributed by atoms with E-state index in [4.69, 9.17) is 5.11 Å². The number of aliphatic hydroxyl groups excluding tert-OH is 1. The standard InChI is InChI=1S/C17H23NO2S/c1-13-10-15(6-4-5-9-19)12-16(11-13)17(20)18-8-7-14(2)21-3/h10-12,14,19H,5,7-9H2,1-3H3,(H,18,20). The first-order valence-corrected chi connectivity index (χ1v) is 8.38. The molecule has 0 heterocycles. The van der Waals surface area contributed by atoms with Gasteiger partial charge in [-0.2, -0.15) is 11.8 Å². The maximum atomic E-state index is 12.1. The Kier molecular flexibility index (Phi) is 7.96. The van der Waals surface area contributed by atoms with Crippen LogP contribution in [0, 0.1) is 18.8 Å². The van der Waals surface area contributed by atoms with E-state index in [1.807, 2.05) is 19.1 Å². The van der Waals surface area contributed by atoms with E-state index in [1.54, 1.807) is 17.8 Å². The molecule has 1 amide bonds. The van der Waals surface area contributed by atoms with Crippen molar-refractivity contribution < 1.29 is 9.90 Å². The lowest BCUT2D eigenvalue weighted by molar-refractivity contribution is 0.0953. The van der Waals surface area contributed by atoms with Crippen molar-refractivity contribution in [1.29, 1.82) is 0 Å². The molecule has 0 aliphatic heterocycles. The molecule has 0 fully saturated rings. The van der Waals surface area contributed by atoms with E-state index < -0.39 is 0 Å². The second-order valence-electron chi connectivity index (χ2n) is 4.95. The maximum absolute atomic E-state index is 12.1. The Morgan fingerprint density at radius 1 is 1.43 bits per heavy atom. The van der Waals surface area contributed by atoms with Crippen molar-refractivity contribution in [2.45, 2.75) is 31.9 Å². The highest BCUT2D eigenvalue weighted by Gasteiger charge is 2.07. The summed E-state index contributed by atoms with van der Waals surface area (Å²) in [5, 5.41) is 12.2. The zero-order valence-corrected chi connectivity index (χ0v) is 13.7. The molecule has 0 aliphatic carbocycles. The smallest absolute Gasteiger partial charge is 0.251 e. The molecule has 4 heteroatoms. The average Bonchev–Trinajstić information content (AvgIpc) is 2.46. The molecule has 21 heavy (non-hydrogen) atoms. The number of aliphatic hydroxyl groups is 1. The Labute approximate surface area is 131 Å². The summed E-state index contributed by atoms with van der Waals surface area (Å²) in [5.41, 5.74) is 2.46. The van der Waals surface area contributed by atoms with Crippen LogP contribution in [0.25, 0.3) is 0 Å². The molecular formula is C17H23NO2S. The number of carbonyl (C=O) groups excluding carboxylic acids is 1. The number of hydrogen-bond donors (Lipinski definition) is 2. The summed E-state index contributed by atoms with van der Waals surface area (Å²) in [4.78, 5) is 12.1. The number of hydrogen-bond acceptors (Lipinski definition) is 3. The van der Waals surface area contributed by atoms with Crippen LogP contribution in [0.5, 0.6) is 0 Å². The minimum atomic E-state index is -0.0581. The van der Waals surface area contributed by atoms with Gasteiger partial charge >= 0.3 is 0 Å². The number of carbonyl (C=O) groups is 1. The van der Waals surface area contributed by atoms with Crippen LogP contribution in [0.3, 0.4) is 0 Å². The van der Waals surface area contributed by atoms with Crippen LogP contribution >= 0.6 is 11.8 Å². The van der Waals surface area contributed by atoms with Crippen LogP contribution in [0.2, 0.25) is 0 Å². The lowest BCUT2D eigenvalue weighted by Crippen LogP contribution is -2.26. The second-order valence-corrected chi connectivity index (χ2v) is 6.23. The van der Waals surface area contributed by atoms with Crippen molar-refractivity contribution in [2.75, 3.05) is 19.4 Å². The molecule has 1 aromatic carbocycles. The maximum Gasteiger partial charge on any atom is 0.251 e. The van der Waals surface area contributed by atoms with Gasteiger partial charge in [-0.05, 0) is 43.4 Å². The first kappa shape index (κ1) is 17.6. The molecule has 3 nitrogen and oxygen atoms in total. The predicted octanol–water partition coefficient (Wildman–Crippen LogP) is 2.60. The van der Waals surface area contributed by atoms with Crippen LogP contribution in [0.1, 0.15) is 41.3 Å². The number of thioether (sulfide) groups is 1. The molecule has 1 rings (SSSR count). The van der Waals surface area contributed by atoms with E-state index in [2.05, 4.69) is 30.3 Å². The van der Waals surface area contributed by atoms with Gasteiger partial charge in [0.2, 0.25) is 0 Å². The molecule has 0 bridgehead atoms. The Bertz CT molecular complexity index is 531. The molecule has 0 aliphatic rings. The van der Waals surface area contributed by atoms with Gasteiger partial charge in [0.1, 0.15) is 0 Å². The normalized spacial score (nSPS) is 11.4. The zero-order chi connectivity index (χ0) is 15.7. The molecule has 0 saturated carbocycles. The molecule has 0 radical (unpaired) electrons. The summed E-state index contributed by atoms with van der Waals surface area (Å²) >= 11 is 1.80. The average molecular weight is 305 g/mol. The highest BCUT2D eigenvalue weighted by atomic mass is 32.2. The van der Waals surface area contributed by atoms with Crippen LogP contribution in [-0.4, -0.2) is 35.7 Å².